The summed E-state index contributed by atoms with van der Waals surface area (Å²) in [4.78, 5) is 1.98. The molecule has 0 unspecified atom stereocenters. The number of alkyl halides is 3. The molecule has 0 aliphatic heterocycles. The summed E-state index contributed by atoms with van der Waals surface area (Å²) in [5.74, 6) is 1.12. The topological polar surface area (TPSA) is 42.4 Å². The molecule has 0 bridgehead atoms. The Morgan fingerprint density at radius 2 is 1.95 bits per heavy atom. The number of likely N-dealkylation sites (N-methyl/N-ethyl adjacent to an activating group) is 1. The van der Waals surface area contributed by atoms with Crippen LogP contribution < -0.4 is 5.73 Å². The fourth-order valence-electron chi connectivity index (χ4n) is 2.03. The summed E-state index contributed by atoms with van der Waals surface area (Å²) < 4.78 is 43.7. The van der Waals surface area contributed by atoms with E-state index in [1.54, 1.807) is 18.2 Å². The van der Waals surface area contributed by atoms with Crippen LogP contribution in [-0.2, 0) is 12.7 Å². The Bertz CT molecular complexity index is 593. The Labute approximate surface area is 121 Å². The fraction of sp³-hybridized carbons (Fsp3) is 0.333. The minimum Gasteiger partial charge on any atom is -0.460 e. The van der Waals surface area contributed by atoms with Crippen molar-refractivity contribution in [3.63, 3.8) is 0 Å². The van der Waals surface area contributed by atoms with Gasteiger partial charge in [-0.1, -0.05) is 12.1 Å². The number of rotatable bonds is 5. The van der Waals surface area contributed by atoms with Gasteiger partial charge in [-0.15, -0.1) is 0 Å². The monoisotopic (exact) mass is 298 g/mol. The Morgan fingerprint density at radius 3 is 2.62 bits per heavy atom. The van der Waals surface area contributed by atoms with E-state index in [-0.39, 0.29) is 0 Å². The maximum absolute atomic E-state index is 12.7. The molecule has 0 saturated heterocycles. The molecule has 0 saturated carbocycles. The zero-order valence-electron chi connectivity index (χ0n) is 11.7. The van der Waals surface area contributed by atoms with Crippen LogP contribution in [0.1, 0.15) is 11.3 Å². The predicted octanol–water partition coefficient (Wildman–Crippen LogP) is 3.36. The van der Waals surface area contributed by atoms with Crippen molar-refractivity contribution in [3.8, 4) is 11.3 Å². The quantitative estimate of drug-likeness (QED) is 0.920. The highest BCUT2D eigenvalue weighted by Crippen LogP contribution is 2.32. The van der Waals surface area contributed by atoms with Gasteiger partial charge in [-0.2, -0.15) is 13.2 Å². The molecule has 0 atom stereocenters. The third kappa shape index (κ3) is 4.09. The van der Waals surface area contributed by atoms with Gasteiger partial charge in [-0.3, -0.25) is 4.90 Å². The largest absolute Gasteiger partial charge is 0.460 e. The zero-order chi connectivity index (χ0) is 15.5. The Hall–Kier alpha value is -1.79. The lowest BCUT2D eigenvalue weighted by Crippen LogP contribution is -2.24. The lowest BCUT2D eigenvalue weighted by atomic mass is 10.1. The van der Waals surface area contributed by atoms with Crippen LogP contribution in [0.25, 0.3) is 11.3 Å². The molecule has 114 valence electrons. The van der Waals surface area contributed by atoms with Gasteiger partial charge in [0.25, 0.3) is 0 Å². The minimum absolute atomic E-state index is 0.414. The molecule has 21 heavy (non-hydrogen) atoms. The third-order valence-electron chi connectivity index (χ3n) is 3.07. The van der Waals surface area contributed by atoms with E-state index in [1.165, 1.54) is 6.07 Å². The number of benzene rings is 1. The maximum Gasteiger partial charge on any atom is 0.416 e. The highest BCUT2D eigenvalue weighted by atomic mass is 19.4. The van der Waals surface area contributed by atoms with Crippen molar-refractivity contribution in [2.24, 2.45) is 5.73 Å². The first-order valence-electron chi connectivity index (χ1n) is 6.55. The Kier molecular flexibility index (Phi) is 4.69. The molecular weight excluding hydrogens is 281 g/mol. The van der Waals surface area contributed by atoms with Crippen LogP contribution in [0.5, 0.6) is 0 Å². The highest BCUT2D eigenvalue weighted by molar-refractivity contribution is 5.58. The van der Waals surface area contributed by atoms with E-state index in [0.717, 1.165) is 18.7 Å². The van der Waals surface area contributed by atoms with Gasteiger partial charge in [0.05, 0.1) is 12.1 Å². The molecule has 2 rings (SSSR count). The van der Waals surface area contributed by atoms with Gasteiger partial charge in [-0.05, 0) is 31.3 Å². The Balaban J connectivity index is 2.18. The second kappa shape index (κ2) is 6.32. The highest BCUT2D eigenvalue weighted by Gasteiger charge is 2.30. The van der Waals surface area contributed by atoms with Gasteiger partial charge in [0, 0.05) is 18.7 Å². The first kappa shape index (κ1) is 15.6. The molecule has 2 N–H and O–H groups in total. The average molecular weight is 298 g/mol. The van der Waals surface area contributed by atoms with Crippen molar-refractivity contribution >= 4 is 0 Å². The third-order valence-corrected chi connectivity index (χ3v) is 3.07. The average Bonchev–Trinajstić information content (AvgIpc) is 2.86. The second-order valence-corrected chi connectivity index (χ2v) is 4.87. The molecule has 0 amide bonds. The molecular formula is C15H17F3N2O. The SMILES string of the molecule is CN(CCN)Cc1ccc(-c2cccc(C(F)(F)F)c2)o1. The summed E-state index contributed by atoms with van der Waals surface area (Å²) >= 11 is 0. The normalized spacial score (nSPS) is 12.1. The van der Waals surface area contributed by atoms with Crippen LogP contribution in [0.3, 0.4) is 0 Å². The van der Waals surface area contributed by atoms with Crippen molar-refractivity contribution < 1.29 is 17.6 Å². The molecule has 0 radical (unpaired) electrons. The Morgan fingerprint density at radius 1 is 1.19 bits per heavy atom. The summed E-state index contributed by atoms with van der Waals surface area (Å²) in [5.41, 5.74) is 5.19. The molecule has 0 spiro atoms. The van der Waals surface area contributed by atoms with Crippen molar-refractivity contribution in [1.29, 1.82) is 0 Å². The van der Waals surface area contributed by atoms with Gasteiger partial charge in [0.2, 0.25) is 0 Å². The van der Waals surface area contributed by atoms with Crippen molar-refractivity contribution in [2.45, 2.75) is 12.7 Å². The molecule has 0 fully saturated rings. The number of halogens is 3. The lowest BCUT2D eigenvalue weighted by Gasteiger charge is -2.13. The lowest BCUT2D eigenvalue weighted by molar-refractivity contribution is -0.137. The number of nitrogens with zero attached hydrogens (tertiary/aromatic N) is 1. The van der Waals surface area contributed by atoms with Crippen LogP contribution in [0.15, 0.2) is 40.8 Å². The molecule has 0 aliphatic rings. The molecule has 2 aromatic rings. The van der Waals surface area contributed by atoms with Gasteiger partial charge in [-0.25, -0.2) is 0 Å². The van der Waals surface area contributed by atoms with Crippen molar-refractivity contribution in [2.75, 3.05) is 20.1 Å². The van der Waals surface area contributed by atoms with Gasteiger partial charge >= 0.3 is 6.18 Å². The van der Waals surface area contributed by atoms with Crippen molar-refractivity contribution in [3.05, 3.63) is 47.7 Å². The molecule has 3 nitrogen and oxygen atoms in total. The summed E-state index contributed by atoms with van der Waals surface area (Å²) in [6.45, 7) is 1.83. The van der Waals surface area contributed by atoms with Crippen molar-refractivity contribution in [1.82, 2.24) is 4.90 Å². The van der Waals surface area contributed by atoms with E-state index in [4.69, 9.17) is 10.2 Å². The maximum atomic E-state index is 12.7. The second-order valence-electron chi connectivity index (χ2n) is 4.87. The molecule has 1 aromatic carbocycles. The summed E-state index contributed by atoms with van der Waals surface area (Å²) in [6.07, 6.45) is -4.35. The number of furan rings is 1. The summed E-state index contributed by atoms with van der Waals surface area (Å²) in [5, 5.41) is 0. The predicted molar refractivity (Wildman–Crippen MR) is 74.5 cm³/mol. The number of nitrogens with two attached hydrogens (primary N) is 1. The standard InChI is InChI=1S/C15H17F3N2O/c1-20(8-7-19)10-13-5-6-14(21-13)11-3-2-4-12(9-11)15(16,17)18/h2-6,9H,7-8,10,19H2,1H3. The van der Waals surface area contributed by atoms with Crippen LogP contribution >= 0.6 is 0 Å². The van der Waals surface area contributed by atoms with E-state index in [9.17, 15) is 13.2 Å². The van der Waals surface area contributed by atoms with Crippen LogP contribution in [0, 0.1) is 0 Å². The summed E-state index contributed by atoms with van der Waals surface area (Å²) in [6, 6.07) is 8.56. The first-order valence-corrected chi connectivity index (χ1v) is 6.55. The molecule has 1 aromatic heterocycles. The minimum atomic E-state index is -4.35. The van der Waals surface area contributed by atoms with Crippen LogP contribution in [0.2, 0.25) is 0 Å². The first-order chi connectivity index (χ1) is 9.90. The molecule has 6 heteroatoms. The van der Waals surface area contributed by atoms with Gasteiger partial charge in [0.1, 0.15) is 11.5 Å². The van der Waals surface area contributed by atoms with E-state index in [1.807, 2.05) is 11.9 Å². The fourth-order valence-corrected chi connectivity index (χ4v) is 2.03. The van der Waals surface area contributed by atoms with Gasteiger partial charge < -0.3 is 10.2 Å². The van der Waals surface area contributed by atoms with E-state index in [0.29, 0.717) is 30.2 Å². The number of hydrogen-bond donors (Lipinski definition) is 1. The smallest absolute Gasteiger partial charge is 0.416 e. The van der Waals surface area contributed by atoms with E-state index in [2.05, 4.69) is 0 Å². The molecule has 1 heterocycles. The molecule has 0 aliphatic carbocycles. The number of hydrogen-bond acceptors (Lipinski definition) is 3. The summed E-state index contributed by atoms with van der Waals surface area (Å²) in [7, 11) is 1.90. The van der Waals surface area contributed by atoms with Gasteiger partial charge in [0.15, 0.2) is 0 Å². The van der Waals surface area contributed by atoms with Crippen LogP contribution in [-0.4, -0.2) is 25.0 Å². The van der Waals surface area contributed by atoms with E-state index >= 15 is 0 Å². The van der Waals surface area contributed by atoms with E-state index < -0.39 is 11.7 Å². The van der Waals surface area contributed by atoms with Crippen LogP contribution in [0.4, 0.5) is 13.2 Å². The zero-order valence-corrected chi connectivity index (χ0v) is 11.7.